The van der Waals surface area contributed by atoms with Crippen molar-refractivity contribution in [2.24, 2.45) is 0 Å². The number of para-hydroxylation sites is 2. The molecule has 3 aromatic rings. The van der Waals surface area contributed by atoms with E-state index in [-0.39, 0.29) is 18.3 Å². The molecule has 0 aromatic heterocycles. The average Bonchev–Trinajstić information content (AvgIpc) is 3.27. The Morgan fingerprint density at radius 1 is 0.719 bits per heavy atom. The first-order valence-electron chi connectivity index (χ1n) is 11.0. The molecule has 0 spiro atoms. The number of aromatic nitrogens is 1. The smallest absolute Gasteiger partial charge is 0.455 e. The number of hydrogen-bond donors (Lipinski definition) is 0. The Labute approximate surface area is 187 Å². The standard InChI is InChI=1S/C27H24BNO3/c1-26(2)27(3,4)32-28(31-26)18-15-13-17(14-16-18)25-23-19-9-5-7-11-21(19)29-24(23)20-10-6-8-12-22(20)30-25/h5-16H,1-4H3. The van der Waals surface area contributed by atoms with Crippen LogP contribution in [0.4, 0.5) is 0 Å². The molecular weight excluding hydrogens is 397 g/mol. The second kappa shape index (κ2) is 6.68. The molecule has 3 aliphatic rings. The molecule has 0 unspecified atom stereocenters. The lowest BCUT2D eigenvalue weighted by molar-refractivity contribution is 0.00578. The summed E-state index contributed by atoms with van der Waals surface area (Å²) in [4.78, 5) is 4.94. The summed E-state index contributed by atoms with van der Waals surface area (Å²) in [6.45, 7) is 8.28. The van der Waals surface area contributed by atoms with E-state index < -0.39 is 0 Å². The van der Waals surface area contributed by atoms with Crippen LogP contribution in [-0.2, 0) is 9.31 Å². The third kappa shape index (κ3) is 2.82. The van der Waals surface area contributed by atoms with Gasteiger partial charge < -0.3 is 13.7 Å². The second-order valence-electron chi connectivity index (χ2n) is 9.49. The van der Waals surface area contributed by atoms with Crippen LogP contribution in [0.5, 0.6) is 0 Å². The minimum atomic E-state index is -0.385. The van der Waals surface area contributed by atoms with Crippen LogP contribution in [0.2, 0.25) is 0 Å². The maximum absolute atomic E-state index is 6.46. The molecule has 0 amide bonds. The molecule has 3 heterocycles. The van der Waals surface area contributed by atoms with Gasteiger partial charge in [-0.15, -0.1) is 0 Å². The van der Waals surface area contributed by atoms with E-state index in [0.717, 1.165) is 49.9 Å². The predicted octanol–water partition coefficient (Wildman–Crippen LogP) is 6.05. The van der Waals surface area contributed by atoms with Gasteiger partial charge in [-0.05, 0) is 51.4 Å². The zero-order valence-corrected chi connectivity index (χ0v) is 18.7. The van der Waals surface area contributed by atoms with Crippen molar-refractivity contribution in [1.29, 1.82) is 0 Å². The quantitative estimate of drug-likeness (QED) is 0.326. The first kappa shape index (κ1) is 19.5. The Hall–Kier alpha value is -3.15. The van der Waals surface area contributed by atoms with Gasteiger partial charge in [0.1, 0.15) is 11.3 Å². The van der Waals surface area contributed by atoms with Crippen molar-refractivity contribution in [3.8, 4) is 22.6 Å². The summed E-state index contributed by atoms with van der Waals surface area (Å²) in [7, 11) is -0.385. The van der Waals surface area contributed by atoms with Crippen LogP contribution in [-0.4, -0.2) is 23.3 Å². The van der Waals surface area contributed by atoms with Gasteiger partial charge in [-0.3, -0.25) is 0 Å². The fraction of sp³-hybridized carbons (Fsp3) is 0.222. The normalized spacial score (nSPS) is 17.6. The van der Waals surface area contributed by atoms with Crippen LogP contribution in [0.25, 0.3) is 44.5 Å². The molecule has 5 heteroatoms. The third-order valence-corrected chi connectivity index (χ3v) is 6.92. The first-order valence-corrected chi connectivity index (χ1v) is 11.0. The topological polar surface area (TPSA) is 44.5 Å². The molecule has 0 bridgehead atoms. The van der Waals surface area contributed by atoms with E-state index in [9.17, 15) is 0 Å². The Kier molecular flexibility index (Phi) is 4.08. The lowest BCUT2D eigenvalue weighted by Crippen LogP contribution is -2.41. The predicted molar refractivity (Wildman–Crippen MR) is 129 cm³/mol. The summed E-state index contributed by atoms with van der Waals surface area (Å²) >= 11 is 0. The Morgan fingerprint density at radius 3 is 2.06 bits per heavy atom. The van der Waals surface area contributed by atoms with Gasteiger partial charge in [-0.25, -0.2) is 4.98 Å². The van der Waals surface area contributed by atoms with Gasteiger partial charge >= 0.3 is 7.12 Å². The maximum Gasteiger partial charge on any atom is 0.494 e. The largest absolute Gasteiger partial charge is 0.494 e. The molecule has 1 saturated heterocycles. The summed E-state index contributed by atoms with van der Waals surface area (Å²) in [5.41, 5.74) is 5.08. The van der Waals surface area contributed by atoms with Crippen LogP contribution in [0, 0.1) is 0 Å². The van der Waals surface area contributed by atoms with Crippen LogP contribution in [0.15, 0.2) is 77.2 Å². The van der Waals surface area contributed by atoms with Crippen molar-refractivity contribution in [2.75, 3.05) is 0 Å². The molecule has 158 valence electrons. The number of nitrogens with zero attached hydrogens (tertiary/aromatic N) is 1. The number of benzene rings is 3. The molecule has 0 N–H and O–H groups in total. The zero-order valence-electron chi connectivity index (χ0n) is 18.7. The lowest BCUT2D eigenvalue weighted by atomic mass is 9.78. The van der Waals surface area contributed by atoms with Crippen LogP contribution in [0.1, 0.15) is 27.7 Å². The maximum atomic E-state index is 6.46. The van der Waals surface area contributed by atoms with Crippen molar-refractivity contribution >= 4 is 34.5 Å². The van der Waals surface area contributed by atoms with Gasteiger partial charge in [0.05, 0.1) is 28.0 Å². The van der Waals surface area contributed by atoms with Crippen molar-refractivity contribution < 1.29 is 13.7 Å². The Bertz CT molecular complexity index is 1420. The second-order valence-corrected chi connectivity index (χ2v) is 9.49. The highest BCUT2D eigenvalue weighted by Crippen LogP contribution is 2.44. The molecule has 3 aromatic carbocycles. The molecule has 4 nitrogen and oxygen atoms in total. The molecule has 1 fully saturated rings. The van der Waals surface area contributed by atoms with Crippen LogP contribution >= 0.6 is 0 Å². The minimum absolute atomic E-state index is 0.365. The number of hydrogen-bond acceptors (Lipinski definition) is 4. The molecule has 6 rings (SSSR count). The molecule has 0 radical (unpaired) electrons. The van der Waals surface area contributed by atoms with E-state index in [1.807, 2.05) is 30.3 Å². The van der Waals surface area contributed by atoms with Gasteiger partial charge in [0.25, 0.3) is 0 Å². The Morgan fingerprint density at radius 2 is 1.34 bits per heavy atom. The third-order valence-electron chi connectivity index (χ3n) is 6.92. The van der Waals surface area contributed by atoms with E-state index in [0.29, 0.717) is 0 Å². The fourth-order valence-corrected chi connectivity index (χ4v) is 4.40. The highest BCUT2D eigenvalue weighted by atomic mass is 16.7. The van der Waals surface area contributed by atoms with Crippen molar-refractivity contribution in [2.45, 2.75) is 38.9 Å². The van der Waals surface area contributed by atoms with E-state index in [1.54, 1.807) is 0 Å². The van der Waals surface area contributed by atoms with Gasteiger partial charge in [0.15, 0.2) is 0 Å². The highest BCUT2D eigenvalue weighted by Gasteiger charge is 2.51. The summed E-state index contributed by atoms with van der Waals surface area (Å²) in [6, 6.07) is 24.6. The van der Waals surface area contributed by atoms with Crippen molar-refractivity contribution in [3.63, 3.8) is 0 Å². The Balaban J connectivity index is 1.50. The first-order chi connectivity index (χ1) is 15.3. The molecule has 0 atom stereocenters. The minimum Gasteiger partial charge on any atom is -0.455 e. The van der Waals surface area contributed by atoms with Gasteiger partial charge in [-0.1, -0.05) is 54.6 Å². The number of rotatable bonds is 2. The van der Waals surface area contributed by atoms with Crippen LogP contribution < -0.4 is 5.46 Å². The summed E-state index contributed by atoms with van der Waals surface area (Å²) in [5, 5.41) is 2.12. The van der Waals surface area contributed by atoms with E-state index in [2.05, 4.69) is 70.2 Å². The van der Waals surface area contributed by atoms with E-state index in [1.165, 1.54) is 0 Å². The summed E-state index contributed by atoms with van der Waals surface area (Å²) in [5.74, 6) is 0.827. The molecular formula is C27H24BNO3. The van der Waals surface area contributed by atoms with Crippen LogP contribution in [0.3, 0.4) is 0 Å². The SMILES string of the molecule is CC1(C)OB(c2ccc(-c3oc4ccccc4c4nc5ccccc5c3-4)cc2)OC1(C)C. The fourth-order valence-electron chi connectivity index (χ4n) is 4.40. The summed E-state index contributed by atoms with van der Waals surface area (Å²) in [6.07, 6.45) is 0. The van der Waals surface area contributed by atoms with Crippen molar-refractivity contribution in [3.05, 3.63) is 72.8 Å². The molecule has 0 saturated carbocycles. The van der Waals surface area contributed by atoms with E-state index in [4.69, 9.17) is 18.7 Å². The van der Waals surface area contributed by atoms with Gasteiger partial charge in [0, 0.05) is 16.3 Å². The molecule has 3 aliphatic heterocycles. The average molecular weight is 421 g/mol. The highest BCUT2D eigenvalue weighted by molar-refractivity contribution is 6.62. The summed E-state index contributed by atoms with van der Waals surface area (Å²) < 4.78 is 18.9. The molecule has 0 aliphatic carbocycles. The zero-order chi connectivity index (χ0) is 22.1. The van der Waals surface area contributed by atoms with Gasteiger partial charge in [0.2, 0.25) is 0 Å². The number of fused-ring (bicyclic) bond motifs is 5. The van der Waals surface area contributed by atoms with E-state index >= 15 is 0 Å². The monoisotopic (exact) mass is 421 g/mol. The van der Waals surface area contributed by atoms with Gasteiger partial charge in [-0.2, -0.15) is 0 Å². The molecule has 32 heavy (non-hydrogen) atoms. The lowest BCUT2D eigenvalue weighted by Gasteiger charge is -2.32. The van der Waals surface area contributed by atoms with Crippen molar-refractivity contribution in [1.82, 2.24) is 4.98 Å².